The average Bonchev–Trinajstić information content (AvgIpc) is 2.32. The number of rotatable bonds is 3. The Bertz CT molecular complexity index is 372. The normalized spacial score (nSPS) is 29.2. The first kappa shape index (κ1) is 12.6. The van der Waals surface area contributed by atoms with E-state index in [9.17, 15) is 5.11 Å². The Hall–Kier alpha value is -0.820. The first-order valence-electron chi connectivity index (χ1n) is 6.92. The first-order valence-corrected chi connectivity index (χ1v) is 6.92. The Kier molecular flexibility index (Phi) is 3.88. The molecule has 2 unspecified atom stereocenters. The van der Waals surface area contributed by atoms with Crippen molar-refractivity contribution in [3.63, 3.8) is 0 Å². The molecule has 1 saturated carbocycles. The summed E-state index contributed by atoms with van der Waals surface area (Å²) in [6.45, 7) is 4.35. The minimum Gasteiger partial charge on any atom is -0.389 e. The van der Waals surface area contributed by atoms with Crippen LogP contribution in [0.3, 0.4) is 0 Å². The van der Waals surface area contributed by atoms with Gasteiger partial charge in [0.2, 0.25) is 0 Å². The smallest absolute Gasteiger partial charge is 0.0715 e. The molecule has 0 aromatic heterocycles. The van der Waals surface area contributed by atoms with Gasteiger partial charge in [0.1, 0.15) is 0 Å². The highest BCUT2D eigenvalue weighted by Crippen LogP contribution is 2.38. The highest BCUT2D eigenvalue weighted by molar-refractivity contribution is 5.27. The summed E-state index contributed by atoms with van der Waals surface area (Å²) < 4.78 is 0. The van der Waals surface area contributed by atoms with E-state index in [2.05, 4.69) is 38.1 Å². The van der Waals surface area contributed by atoms with E-state index in [1.54, 1.807) is 0 Å². The summed E-state index contributed by atoms with van der Waals surface area (Å²) >= 11 is 0. The monoisotopic (exact) mass is 232 g/mol. The molecule has 2 atom stereocenters. The van der Waals surface area contributed by atoms with E-state index < -0.39 is 5.60 Å². The SMILES string of the molecule is CCC1CCCCC1(O)Cc1ccccc1C. The van der Waals surface area contributed by atoms with E-state index >= 15 is 0 Å². The first-order chi connectivity index (χ1) is 8.15. The fourth-order valence-corrected chi connectivity index (χ4v) is 3.25. The summed E-state index contributed by atoms with van der Waals surface area (Å²) in [6.07, 6.45) is 6.56. The zero-order valence-corrected chi connectivity index (χ0v) is 11.1. The predicted molar refractivity (Wildman–Crippen MR) is 72.1 cm³/mol. The third kappa shape index (κ3) is 2.71. The zero-order valence-electron chi connectivity index (χ0n) is 11.1. The lowest BCUT2D eigenvalue weighted by molar-refractivity contribution is -0.0492. The second kappa shape index (κ2) is 5.22. The standard InChI is InChI=1S/C16H24O/c1-3-15-10-6-7-11-16(15,17)12-14-9-5-4-8-13(14)2/h4-5,8-9,15,17H,3,6-7,10-12H2,1-2H3. The average molecular weight is 232 g/mol. The quantitative estimate of drug-likeness (QED) is 0.838. The van der Waals surface area contributed by atoms with Gasteiger partial charge in [0.05, 0.1) is 5.60 Å². The van der Waals surface area contributed by atoms with Gasteiger partial charge < -0.3 is 5.11 Å². The van der Waals surface area contributed by atoms with Crippen LogP contribution in [-0.2, 0) is 6.42 Å². The van der Waals surface area contributed by atoms with Crippen molar-refractivity contribution in [2.75, 3.05) is 0 Å². The zero-order chi connectivity index (χ0) is 12.3. The minimum atomic E-state index is -0.459. The molecule has 0 amide bonds. The van der Waals surface area contributed by atoms with Crippen LogP contribution < -0.4 is 0 Å². The second-order valence-electron chi connectivity index (χ2n) is 5.56. The maximum absolute atomic E-state index is 10.9. The third-order valence-electron chi connectivity index (χ3n) is 4.42. The van der Waals surface area contributed by atoms with Gasteiger partial charge in [-0.05, 0) is 36.8 Å². The summed E-state index contributed by atoms with van der Waals surface area (Å²) in [5.41, 5.74) is 2.16. The van der Waals surface area contributed by atoms with Crippen molar-refractivity contribution in [1.29, 1.82) is 0 Å². The molecule has 1 nitrogen and oxygen atoms in total. The molecule has 1 aliphatic carbocycles. The van der Waals surface area contributed by atoms with Crippen LogP contribution in [0.15, 0.2) is 24.3 Å². The lowest BCUT2D eigenvalue weighted by Gasteiger charge is -2.40. The Balaban J connectivity index is 2.18. The molecular formula is C16H24O. The Morgan fingerprint density at radius 1 is 1.29 bits per heavy atom. The van der Waals surface area contributed by atoms with Crippen LogP contribution in [-0.4, -0.2) is 10.7 Å². The molecule has 0 saturated heterocycles. The topological polar surface area (TPSA) is 20.2 Å². The molecule has 1 heteroatoms. The van der Waals surface area contributed by atoms with Crippen molar-refractivity contribution < 1.29 is 5.11 Å². The molecule has 1 fully saturated rings. The molecule has 0 radical (unpaired) electrons. The number of aliphatic hydroxyl groups is 1. The maximum Gasteiger partial charge on any atom is 0.0715 e. The van der Waals surface area contributed by atoms with Gasteiger partial charge in [-0.2, -0.15) is 0 Å². The van der Waals surface area contributed by atoms with E-state index in [1.807, 2.05) is 0 Å². The molecule has 1 aromatic carbocycles. The Morgan fingerprint density at radius 3 is 2.76 bits per heavy atom. The fraction of sp³-hybridized carbons (Fsp3) is 0.625. The van der Waals surface area contributed by atoms with E-state index in [4.69, 9.17) is 0 Å². The van der Waals surface area contributed by atoms with Gasteiger partial charge in [0.25, 0.3) is 0 Å². The molecular weight excluding hydrogens is 208 g/mol. The highest BCUT2D eigenvalue weighted by Gasteiger charge is 2.37. The van der Waals surface area contributed by atoms with Gasteiger partial charge in [-0.3, -0.25) is 0 Å². The number of aryl methyl sites for hydroxylation is 1. The van der Waals surface area contributed by atoms with E-state index in [-0.39, 0.29) is 0 Å². The highest BCUT2D eigenvalue weighted by atomic mass is 16.3. The molecule has 0 spiro atoms. The van der Waals surface area contributed by atoms with Crippen LogP contribution in [0.1, 0.15) is 50.2 Å². The van der Waals surface area contributed by atoms with E-state index in [0.717, 1.165) is 19.3 Å². The molecule has 1 aromatic rings. The Labute approximate surface area is 105 Å². The van der Waals surface area contributed by atoms with Crippen LogP contribution in [0.4, 0.5) is 0 Å². The number of hydrogen-bond acceptors (Lipinski definition) is 1. The maximum atomic E-state index is 10.9. The van der Waals surface area contributed by atoms with Crippen LogP contribution in [0, 0.1) is 12.8 Å². The van der Waals surface area contributed by atoms with Gasteiger partial charge in [0, 0.05) is 6.42 Å². The Morgan fingerprint density at radius 2 is 2.06 bits per heavy atom. The van der Waals surface area contributed by atoms with Crippen molar-refractivity contribution in [2.24, 2.45) is 5.92 Å². The minimum absolute atomic E-state index is 0.459. The summed E-state index contributed by atoms with van der Waals surface area (Å²) in [5.74, 6) is 0.482. The summed E-state index contributed by atoms with van der Waals surface area (Å²) in [6, 6.07) is 8.45. The molecule has 2 rings (SSSR count). The molecule has 0 bridgehead atoms. The number of hydrogen-bond donors (Lipinski definition) is 1. The summed E-state index contributed by atoms with van der Waals surface area (Å²) in [4.78, 5) is 0. The summed E-state index contributed by atoms with van der Waals surface area (Å²) in [7, 11) is 0. The van der Waals surface area contributed by atoms with Crippen molar-refractivity contribution in [1.82, 2.24) is 0 Å². The summed E-state index contributed by atoms with van der Waals surface area (Å²) in [5, 5.41) is 10.9. The van der Waals surface area contributed by atoms with Crippen LogP contribution in [0.25, 0.3) is 0 Å². The number of benzene rings is 1. The van der Waals surface area contributed by atoms with Gasteiger partial charge >= 0.3 is 0 Å². The molecule has 94 valence electrons. The molecule has 1 aliphatic rings. The molecule has 17 heavy (non-hydrogen) atoms. The lowest BCUT2D eigenvalue weighted by Crippen LogP contribution is -2.42. The third-order valence-corrected chi connectivity index (χ3v) is 4.42. The fourth-order valence-electron chi connectivity index (χ4n) is 3.25. The second-order valence-corrected chi connectivity index (χ2v) is 5.56. The van der Waals surface area contributed by atoms with E-state index in [1.165, 1.54) is 30.4 Å². The largest absolute Gasteiger partial charge is 0.389 e. The van der Waals surface area contributed by atoms with Gasteiger partial charge in [-0.15, -0.1) is 0 Å². The van der Waals surface area contributed by atoms with Gasteiger partial charge in [-0.25, -0.2) is 0 Å². The molecule has 1 N–H and O–H groups in total. The van der Waals surface area contributed by atoms with E-state index in [0.29, 0.717) is 5.92 Å². The van der Waals surface area contributed by atoms with Gasteiger partial charge in [-0.1, -0.05) is 50.5 Å². The molecule has 0 aliphatic heterocycles. The van der Waals surface area contributed by atoms with Crippen molar-refractivity contribution in [3.05, 3.63) is 35.4 Å². The van der Waals surface area contributed by atoms with Crippen LogP contribution in [0.5, 0.6) is 0 Å². The van der Waals surface area contributed by atoms with Crippen molar-refractivity contribution in [3.8, 4) is 0 Å². The van der Waals surface area contributed by atoms with Crippen molar-refractivity contribution >= 4 is 0 Å². The lowest BCUT2D eigenvalue weighted by atomic mass is 9.71. The van der Waals surface area contributed by atoms with Crippen LogP contribution >= 0.6 is 0 Å². The molecule has 0 heterocycles. The van der Waals surface area contributed by atoms with Gasteiger partial charge in [0.15, 0.2) is 0 Å². The van der Waals surface area contributed by atoms with Crippen molar-refractivity contribution in [2.45, 2.75) is 58.0 Å². The predicted octanol–water partition coefficient (Wildman–Crippen LogP) is 3.87. The van der Waals surface area contributed by atoms with Crippen LogP contribution in [0.2, 0.25) is 0 Å².